The monoisotopic (exact) mass is 516 g/mol. The van der Waals surface area contributed by atoms with E-state index in [-0.39, 0.29) is 0 Å². The lowest BCUT2D eigenvalue weighted by atomic mass is 9.87. The first kappa shape index (κ1) is 25.2. The predicted molar refractivity (Wildman–Crippen MR) is 172 cm³/mol. The van der Waals surface area contributed by atoms with Gasteiger partial charge >= 0.3 is 0 Å². The average molecular weight is 517 g/mol. The maximum absolute atomic E-state index is 3.73. The van der Waals surface area contributed by atoms with Gasteiger partial charge in [0.05, 0.1) is 0 Å². The third-order valence-electron chi connectivity index (χ3n) is 7.14. The number of benzene rings is 6. The molecule has 6 rings (SSSR count). The summed E-state index contributed by atoms with van der Waals surface area (Å²) < 4.78 is 0. The SMILES string of the molecule is Cc1cccc(Nc2cccc(-c3cccc(Nc4cccc(C)c4)c3-c3ccccc3)c2-c2ccccc2)c1. The van der Waals surface area contributed by atoms with Gasteiger partial charge < -0.3 is 10.6 Å². The normalized spacial score (nSPS) is 10.8. The summed E-state index contributed by atoms with van der Waals surface area (Å²) in [6.07, 6.45) is 0. The molecule has 2 N–H and O–H groups in total. The van der Waals surface area contributed by atoms with Crippen LogP contribution >= 0.6 is 0 Å². The first-order valence-electron chi connectivity index (χ1n) is 13.7. The zero-order chi connectivity index (χ0) is 27.3. The second kappa shape index (κ2) is 11.3. The topological polar surface area (TPSA) is 24.1 Å². The van der Waals surface area contributed by atoms with E-state index in [1.807, 2.05) is 0 Å². The van der Waals surface area contributed by atoms with Crippen molar-refractivity contribution in [1.29, 1.82) is 0 Å². The minimum Gasteiger partial charge on any atom is -0.355 e. The maximum atomic E-state index is 3.73. The summed E-state index contributed by atoms with van der Waals surface area (Å²) in [6.45, 7) is 4.25. The summed E-state index contributed by atoms with van der Waals surface area (Å²) >= 11 is 0. The molecule has 0 aliphatic heterocycles. The highest BCUT2D eigenvalue weighted by molar-refractivity contribution is 6.01. The molecule has 2 nitrogen and oxygen atoms in total. The van der Waals surface area contributed by atoms with Crippen LogP contribution in [0.25, 0.3) is 33.4 Å². The lowest BCUT2D eigenvalue weighted by molar-refractivity contribution is 1.44. The predicted octanol–water partition coefficient (Wildman–Crippen LogP) is 10.8. The van der Waals surface area contributed by atoms with Crippen molar-refractivity contribution in [2.45, 2.75) is 13.8 Å². The molecule has 40 heavy (non-hydrogen) atoms. The largest absolute Gasteiger partial charge is 0.355 e. The first-order valence-corrected chi connectivity index (χ1v) is 13.7. The lowest BCUT2D eigenvalue weighted by Crippen LogP contribution is -1.99. The van der Waals surface area contributed by atoms with E-state index in [9.17, 15) is 0 Å². The van der Waals surface area contributed by atoms with Crippen LogP contribution in [0, 0.1) is 13.8 Å². The van der Waals surface area contributed by atoms with Crippen LogP contribution in [0.2, 0.25) is 0 Å². The van der Waals surface area contributed by atoms with Crippen molar-refractivity contribution < 1.29 is 0 Å². The Bertz CT molecular complexity index is 1620. The molecule has 2 heteroatoms. The van der Waals surface area contributed by atoms with Gasteiger partial charge in [-0.05, 0) is 83.6 Å². The minimum atomic E-state index is 1.07. The van der Waals surface area contributed by atoms with Crippen molar-refractivity contribution in [3.63, 3.8) is 0 Å². The summed E-state index contributed by atoms with van der Waals surface area (Å²) in [5.41, 5.74) is 13.8. The third-order valence-corrected chi connectivity index (χ3v) is 7.14. The van der Waals surface area contributed by atoms with Gasteiger partial charge in [-0.1, -0.05) is 109 Å². The van der Waals surface area contributed by atoms with Gasteiger partial charge in [0.15, 0.2) is 0 Å². The van der Waals surface area contributed by atoms with Crippen LogP contribution in [0.15, 0.2) is 146 Å². The number of anilines is 4. The molecule has 0 saturated heterocycles. The van der Waals surface area contributed by atoms with Gasteiger partial charge in [-0.15, -0.1) is 0 Å². The smallest absolute Gasteiger partial charge is 0.0470 e. The summed E-state index contributed by atoms with van der Waals surface area (Å²) in [7, 11) is 0. The fourth-order valence-electron chi connectivity index (χ4n) is 5.35. The molecule has 0 bridgehead atoms. The Labute approximate surface area is 237 Å². The van der Waals surface area contributed by atoms with Crippen LogP contribution in [-0.2, 0) is 0 Å². The molecule has 6 aromatic carbocycles. The van der Waals surface area contributed by atoms with Gasteiger partial charge in [-0.2, -0.15) is 0 Å². The molecule has 0 fully saturated rings. The highest BCUT2D eigenvalue weighted by Gasteiger charge is 2.18. The number of hydrogen-bond acceptors (Lipinski definition) is 2. The summed E-state index contributed by atoms with van der Waals surface area (Å²) in [4.78, 5) is 0. The molecule has 0 heterocycles. The van der Waals surface area contributed by atoms with E-state index in [1.54, 1.807) is 0 Å². The molecule has 6 aromatic rings. The summed E-state index contributed by atoms with van der Waals surface area (Å²) in [6, 6.07) is 51.5. The summed E-state index contributed by atoms with van der Waals surface area (Å²) in [5.74, 6) is 0. The zero-order valence-corrected chi connectivity index (χ0v) is 22.9. The molecule has 0 aliphatic rings. The van der Waals surface area contributed by atoms with Gasteiger partial charge in [0, 0.05) is 33.9 Å². The van der Waals surface area contributed by atoms with E-state index in [0.29, 0.717) is 0 Å². The van der Waals surface area contributed by atoms with Crippen LogP contribution in [0.3, 0.4) is 0 Å². The lowest BCUT2D eigenvalue weighted by Gasteiger charge is -2.22. The zero-order valence-electron chi connectivity index (χ0n) is 22.9. The Hall–Kier alpha value is -5.08. The van der Waals surface area contributed by atoms with Crippen LogP contribution < -0.4 is 10.6 Å². The highest BCUT2D eigenvalue weighted by Crippen LogP contribution is 2.45. The quantitative estimate of drug-likeness (QED) is 0.220. The molecule has 0 saturated carbocycles. The molecule has 0 amide bonds. The van der Waals surface area contributed by atoms with Crippen molar-refractivity contribution in [1.82, 2.24) is 0 Å². The number of aryl methyl sites for hydroxylation is 2. The number of rotatable bonds is 7. The Balaban J connectivity index is 1.58. The van der Waals surface area contributed by atoms with Gasteiger partial charge in [0.25, 0.3) is 0 Å². The first-order chi connectivity index (χ1) is 19.7. The van der Waals surface area contributed by atoms with Crippen molar-refractivity contribution in [2.24, 2.45) is 0 Å². The molecule has 0 spiro atoms. The van der Waals surface area contributed by atoms with E-state index in [2.05, 4.69) is 170 Å². The second-order valence-corrected chi connectivity index (χ2v) is 10.2. The van der Waals surface area contributed by atoms with E-state index in [1.165, 1.54) is 44.5 Å². The Morgan fingerprint density at radius 3 is 1.18 bits per heavy atom. The maximum Gasteiger partial charge on any atom is 0.0470 e. The fraction of sp³-hybridized carbons (Fsp3) is 0.0526. The van der Waals surface area contributed by atoms with Crippen LogP contribution in [0.4, 0.5) is 22.7 Å². The van der Waals surface area contributed by atoms with Gasteiger partial charge in [0.1, 0.15) is 0 Å². The molecule has 0 aliphatic carbocycles. The molecule has 0 unspecified atom stereocenters. The molecule has 0 aromatic heterocycles. The van der Waals surface area contributed by atoms with Crippen molar-refractivity contribution in [2.75, 3.05) is 10.6 Å². The van der Waals surface area contributed by atoms with Crippen LogP contribution in [-0.4, -0.2) is 0 Å². The number of nitrogens with one attached hydrogen (secondary N) is 2. The molecular weight excluding hydrogens is 484 g/mol. The number of hydrogen-bond donors (Lipinski definition) is 2. The van der Waals surface area contributed by atoms with Gasteiger partial charge in [-0.25, -0.2) is 0 Å². The Morgan fingerprint density at radius 2 is 0.775 bits per heavy atom. The molecule has 0 atom stereocenters. The standard InChI is InChI=1S/C38H32N2/c1-27-13-9-19-31(25-27)39-35-23-11-21-33(37(35)29-15-5-3-6-16-29)34-22-12-24-36(38(34)30-17-7-4-8-18-30)40-32-20-10-14-28(2)26-32/h3-26,39-40H,1-2H3. The Morgan fingerprint density at radius 1 is 0.375 bits per heavy atom. The van der Waals surface area contributed by atoms with Crippen LogP contribution in [0.5, 0.6) is 0 Å². The second-order valence-electron chi connectivity index (χ2n) is 10.2. The minimum absolute atomic E-state index is 1.07. The van der Waals surface area contributed by atoms with Crippen molar-refractivity contribution in [3.05, 3.63) is 157 Å². The van der Waals surface area contributed by atoms with Crippen molar-refractivity contribution in [3.8, 4) is 33.4 Å². The summed E-state index contributed by atoms with van der Waals surface area (Å²) in [5, 5.41) is 7.45. The fourth-order valence-corrected chi connectivity index (χ4v) is 5.35. The van der Waals surface area contributed by atoms with Gasteiger partial charge in [0.2, 0.25) is 0 Å². The van der Waals surface area contributed by atoms with E-state index in [4.69, 9.17) is 0 Å². The molecule has 194 valence electrons. The highest BCUT2D eigenvalue weighted by atomic mass is 14.9. The Kier molecular flexibility index (Phi) is 7.15. The van der Waals surface area contributed by atoms with Gasteiger partial charge in [-0.3, -0.25) is 0 Å². The van der Waals surface area contributed by atoms with E-state index in [0.717, 1.165) is 22.7 Å². The van der Waals surface area contributed by atoms with E-state index < -0.39 is 0 Å². The van der Waals surface area contributed by atoms with Crippen molar-refractivity contribution >= 4 is 22.7 Å². The molecular formula is C38H32N2. The van der Waals surface area contributed by atoms with Crippen LogP contribution in [0.1, 0.15) is 11.1 Å². The third kappa shape index (κ3) is 5.39. The molecule has 0 radical (unpaired) electrons. The average Bonchev–Trinajstić information content (AvgIpc) is 2.98. The van der Waals surface area contributed by atoms with E-state index >= 15 is 0 Å².